The fraction of sp³-hybridized carbons (Fsp3) is 0.333. The van der Waals surface area contributed by atoms with Gasteiger partial charge in [0.25, 0.3) is 5.91 Å². The van der Waals surface area contributed by atoms with Crippen LogP contribution in [0.2, 0.25) is 0 Å². The molecule has 3 rings (SSSR count). The number of fused-ring (bicyclic) bond motifs is 1. The number of aromatic nitrogens is 2. The van der Waals surface area contributed by atoms with E-state index in [0.29, 0.717) is 18.7 Å². The molecule has 6 heteroatoms. The van der Waals surface area contributed by atoms with Crippen LogP contribution in [-0.2, 0) is 4.74 Å². The third-order valence-electron chi connectivity index (χ3n) is 3.91. The molecule has 0 radical (unpaired) electrons. The van der Waals surface area contributed by atoms with E-state index in [1.807, 2.05) is 18.2 Å². The number of methoxy groups -OCH3 is 1. The zero-order chi connectivity index (χ0) is 17.1. The minimum Gasteiger partial charge on any atom is -0.385 e. The highest BCUT2D eigenvalue weighted by Gasteiger charge is 2.12. The average Bonchev–Trinajstić information content (AvgIpc) is 3.13. The van der Waals surface area contributed by atoms with E-state index in [4.69, 9.17) is 9.72 Å². The lowest BCUT2D eigenvalue weighted by atomic mass is 10.2. The summed E-state index contributed by atoms with van der Waals surface area (Å²) in [5.41, 5.74) is 3.89. The van der Waals surface area contributed by atoms with Gasteiger partial charge < -0.3 is 10.1 Å². The Bertz CT molecular complexity index is 847. The summed E-state index contributed by atoms with van der Waals surface area (Å²) in [6.45, 7) is 5.39. The Morgan fingerprint density at radius 2 is 2.00 bits per heavy atom. The van der Waals surface area contributed by atoms with Crippen LogP contribution in [0.3, 0.4) is 0 Å². The molecule has 5 nitrogen and oxygen atoms in total. The first kappa shape index (κ1) is 16.7. The molecule has 0 fully saturated rings. The number of carbonyl (C=O) groups is 1. The second kappa shape index (κ2) is 7.15. The monoisotopic (exact) mass is 343 g/mol. The molecule has 24 heavy (non-hydrogen) atoms. The predicted molar refractivity (Wildman–Crippen MR) is 97.2 cm³/mol. The molecule has 0 aliphatic heterocycles. The number of ether oxygens (including phenoxy) is 1. The fourth-order valence-corrected chi connectivity index (χ4v) is 3.76. The minimum atomic E-state index is -0.0590. The second-order valence-corrected chi connectivity index (χ2v) is 6.74. The van der Waals surface area contributed by atoms with Gasteiger partial charge in [0.1, 0.15) is 0 Å². The Kier molecular flexibility index (Phi) is 4.97. The van der Waals surface area contributed by atoms with Gasteiger partial charge in [-0.25, -0.2) is 4.98 Å². The maximum absolute atomic E-state index is 12.2. The number of rotatable bonds is 6. The average molecular weight is 343 g/mol. The van der Waals surface area contributed by atoms with Crippen LogP contribution in [-0.4, -0.2) is 35.7 Å². The van der Waals surface area contributed by atoms with Crippen molar-refractivity contribution in [3.8, 4) is 5.13 Å². The van der Waals surface area contributed by atoms with Crippen molar-refractivity contribution in [3.63, 3.8) is 0 Å². The molecule has 0 unspecified atom stereocenters. The second-order valence-electron chi connectivity index (χ2n) is 5.73. The molecule has 0 bridgehead atoms. The molecule has 0 spiro atoms. The van der Waals surface area contributed by atoms with Gasteiger partial charge in [-0.1, -0.05) is 11.3 Å². The van der Waals surface area contributed by atoms with E-state index < -0.39 is 0 Å². The highest BCUT2D eigenvalue weighted by molar-refractivity contribution is 7.20. The molecular formula is C18H21N3O2S. The van der Waals surface area contributed by atoms with Gasteiger partial charge in [0, 0.05) is 37.2 Å². The van der Waals surface area contributed by atoms with E-state index in [0.717, 1.165) is 33.2 Å². The lowest BCUT2D eigenvalue weighted by Gasteiger charge is -2.04. The SMILES string of the molecule is COCCCNC(=O)c1ccc2nc(-n3c(C)ccc3C)sc2c1. The fourth-order valence-electron chi connectivity index (χ4n) is 2.64. The van der Waals surface area contributed by atoms with Crippen LogP contribution in [0, 0.1) is 13.8 Å². The summed E-state index contributed by atoms with van der Waals surface area (Å²) in [5.74, 6) is -0.0590. The molecule has 0 aliphatic carbocycles. The quantitative estimate of drug-likeness (QED) is 0.697. The Labute approximate surface area is 145 Å². The third-order valence-corrected chi connectivity index (χ3v) is 4.92. The largest absolute Gasteiger partial charge is 0.385 e. The molecule has 1 aromatic carbocycles. The van der Waals surface area contributed by atoms with Crippen molar-refractivity contribution in [1.82, 2.24) is 14.9 Å². The highest BCUT2D eigenvalue weighted by Crippen LogP contribution is 2.28. The molecule has 3 aromatic rings. The lowest BCUT2D eigenvalue weighted by molar-refractivity contribution is 0.0949. The molecule has 126 valence electrons. The van der Waals surface area contributed by atoms with E-state index in [2.05, 4.69) is 35.9 Å². The van der Waals surface area contributed by atoms with Gasteiger partial charge in [-0.3, -0.25) is 9.36 Å². The number of hydrogen-bond donors (Lipinski definition) is 1. The maximum atomic E-state index is 12.2. The zero-order valence-electron chi connectivity index (χ0n) is 14.1. The first-order chi connectivity index (χ1) is 11.6. The smallest absolute Gasteiger partial charge is 0.251 e. The van der Waals surface area contributed by atoms with Crippen molar-refractivity contribution >= 4 is 27.5 Å². The number of hydrogen-bond acceptors (Lipinski definition) is 4. The number of nitrogens with zero attached hydrogens (tertiary/aromatic N) is 2. The van der Waals surface area contributed by atoms with E-state index >= 15 is 0 Å². The van der Waals surface area contributed by atoms with E-state index in [1.165, 1.54) is 0 Å². The molecule has 0 saturated carbocycles. The topological polar surface area (TPSA) is 56.1 Å². The molecule has 1 amide bonds. The van der Waals surface area contributed by atoms with Gasteiger partial charge in [0.05, 0.1) is 10.2 Å². The van der Waals surface area contributed by atoms with Crippen molar-refractivity contribution < 1.29 is 9.53 Å². The highest BCUT2D eigenvalue weighted by atomic mass is 32.1. The predicted octanol–water partition coefficient (Wildman–Crippen LogP) is 3.47. The van der Waals surface area contributed by atoms with Gasteiger partial charge in [0.15, 0.2) is 5.13 Å². The summed E-state index contributed by atoms with van der Waals surface area (Å²) in [4.78, 5) is 16.9. The van der Waals surface area contributed by atoms with Crippen LogP contribution < -0.4 is 5.32 Å². The summed E-state index contributed by atoms with van der Waals surface area (Å²) in [6, 6.07) is 9.82. The molecule has 0 aliphatic rings. The Morgan fingerprint density at radius 3 is 2.71 bits per heavy atom. The zero-order valence-corrected chi connectivity index (χ0v) is 14.9. The summed E-state index contributed by atoms with van der Waals surface area (Å²) < 4.78 is 8.13. The lowest BCUT2D eigenvalue weighted by Crippen LogP contribution is -2.25. The van der Waals surface area contributed by atoms with Crippen LogP contribution in [0.1, 0.15) is 28.2 Å². The summed E-state index contributed by atoms with van der Waals surface area (Å²) in [5, 5.41) is 3.84. The van der Waals surface area contributed by atoms with Crippen molar-refractivity contribution in [2.75, 3.05) is 20.3 Å². The van der Waals surface area contributed by atoms with Crippen LogP contribution in [0.25, 0.3) is 15.3 Å². The number of aryl methyl sites for hydroxylation is 2. The first-order valence-corrected chi connectivity index (χ1v) is 8.75. The standard InChI is InChI=1S/C18H21N3O2S/c1-12-5-6-13(2)21(12)18-20-15-8-7-14(11-16(15)24-18)17(22)19-9-4-10-23-3/h5-8,11H,4,9-10H2,1-3H3,(H,19,22). The van der Waals surface area contributed by atoms with E-state index in [9.17, 15) is 4.79 Å². The Morgan fingerprint density at radius 1 is 1.25 bits per heavy atom. The van der Waals surface area contributed by atoms with Gasteiger partial charge in [-0.15, -0.1) is 0 Å². The molecule has 2 heterocycles. The van der Waals surface area contributed by atoms with Crippen LogP contribution in [0.5, 0.6) is 0 Å². The normalized spacial score (nSPS) is 11.1. The number of benzene rings is 1. The Balaban J connectivity index is 1.83. The number of thiazole rings is 1. The van der Waals surface area contributed by atoms with Gasteiger partial charge in [0.2, 0.25) is 0 Å². The summed E-state index contributed by atoms with van der Waals surface area (Å²) >= 11 is 1.60. The van der Waals surface area contributed by atoms with Gasteiger partial charge >= 0.3 is 0 Å². The van der Waals surface area contributed by atoms with Crippen molar-refractivity contribution in [3.05, 3.63) is 47.3 Å². The van der Waals surface area contributed by atoms with Crippen LogP contribution >= 0.6 is 11.3 Å². The molecule has 2 aromatic heterocycles. The van der Waals surface area contributed by atoms with Crippen LogP contribution in [0.4, 0.5) is 0 Å². The van der Waals surface area contributed by atoms with Crippen molar-refractivity contribution in [1.29, 1.82) is 0 Å². The molecular weight excluding hydrogens is 322 g/mol. The number of carbonyl (C=O) groups excluding carboxylic acids is 1. The van der Waals surface area contributed by atoms with Gasteiger partial charge in [-0.2, -0.15) is 0 Å². The molecule has 0 saturated heterocycles. The third kappa shape index (κ3) is 3.34. The number of nitrogens with one attached hydrogen (secondary N) is 1. The molecule has 1 N–H and O–H groups in total. The minimum absolute atomic E-state index is 0.0590. The van der Waals surface area contributed by atoms with Crippen molar-refractivity contribution in [2.45, 2.75) is 20.3 Å². The maximum Gasteiger partial charge on any atom is 0.251 e. The Hall–Kier alpha value is -2.18. The van der Waals surface area contributed by atoms with Crippen LogP contribution in [0.15, 0.2) is 30.3 Å². The first-order valence-electron chi connectivity index (χ1n) is 7.93. The van der Waals surface area contributed by atoms with E-state index in [1.54, 1.807) is 18.4 Å². The summed E-state index contributed by atoms with van der Waals surface area (Å²) in [6.07, 6.45) is 0.807. The number of amides is 1. The van der Waals surface area contributed by atoms with Gasteiger partial charge in [-0.05, 0) is 50.6 Å². The molecule has 0 atom stereocenters. The van der Waals surface area contributed by atoms with E-state index in [-0.39, 0.29) is 5.91 Å². The van der Waals surface area contributed by atoms with Crippen molar-refractivity contribution in [2.24, 2.45) is 0 Å². The summed E-state index contributed by atoms with van der Waals surface area (Å²) in [7, 11) is 1.66.